The van der Waals surface area contributed by atoms with E-state index in [9.17, 15) is 4.79 Å². The molecule has 5 fully saturated rings. The number of hydrogen-bond acceptors (Lipinski definition) is 2. The summed E-state index contributed by atoms with van der Waals surface area (Å²) in [6, 6.07) is 0. The van der Waals surface area contributed by atoms with Crippen LogP contribution in [0.5, 0.6) is 0 Å². The van der Waals surface area contributed by atoms with Gasteiger partial charge in [-0.1, -0.05) is 12.8 Å². The molecule has 106 valence electrons. The molecular weight excluding hydrogens is 238 g/mol. The summed E-state index contributed by atoms with van der Waals surface area (Å²) in [5.41, 5.74) is 0.0321. The lowest BCUT2D eigenvalue weighted by Gasteiger charge is -2.49. The van der Waals surface area contributed by atoms with Gasteiger partial charge < -0.3 is 9.64 Å². The molecule has 0 unspecified atom stereocenters. The average Bonchev–Trinajstić information content (AvgIpc) is 2.65. The largest absolute Gasteiger partial charge is 0.378 e. The average molecular weight is 263 g/mol. The van der Waals surface area contributed by atoms with E-state index in [-0.39, 0.29) is 5.41 Å². The minimum atomic E-state index is 0.0321. The lowest BCUT2D eigenvalue weighted by molar-refractivity contribution is -0.154. The van der Waals surface area contributed by atoms with Gasteiger partial charge in [-0.05, 0) is 49.9 Å². The van der Waals surface area contributed by atoms with Crippen molar-refractivity contribution in [2.75, 3.05) is 26.3 Å². The van der Waals surface area contributed by atoms with E-state index in [2.05, 4.69) is 4.90 Å². The zero-order chi connectivity index (χ0) is 12.9. The highest BCUT2D eigenvalue weighted by Crippen LogP contribution is 2.58. The third-order valence-electron chi connectivity index (χ3n) is 6.11. The van der Waals surface area contributed by atoms with Crippen molar-refractivity contribution in [2.45, 2.75) is 44.9 Å². The quantitative estimate of drug-likeness (QED) is 0.727. The Kier molecular flexibility index (Phi) is 2.87. The highest BCUT2D eigenvalue weighted by Gasteiger charge is 2.53. The van der Waals surface area contributed by atoms with Crippen LogP contribution in [0, 0.1) is 23.2 Å². The molecule has 19 heavy (non-hydrogen) atoms. The van der Waals surface area contributed by atoms with Crippen molar-refractivity contribution in [3.05, 3.63) is 0 Å². The minimum Gasteiger partial charge on any atom is -0.378 e. The Balaban J connectivity index is 1.59. The first-order chi connectivity index (χ1) is 9.25. The minimum absolute atomic E-state index is 0.0321. The number of carbonyl (C=O) groups is 1. The fourth-order valence-corrected chi connectivity index (χ4v) is 5.56. The van der Waals surface area contributed by atoms with E-state index in [0.29, 0.717) is 5.91 Å². The summed E-state index contributed by atoms with van der Waals surface area (Å²) in [6.45, 7) is 3.11. The van der Waals surface area contributed by atoms with Gasteiger partial charge in [-0.25, -0.2) is 0 Å². The molecule has 4 saturated carbocycles. The van der Waals surface area contributed by atoms with Crippen LogP contribution in [0.4, 0.5) is 0 Å². The second-order valence-electron chi connectivity index (χ2n) is 7.44. The van der Waals surface area contributed by atoms with E-state index in [1.165, 1.54) is 44.9 Å². The van der Waals surface area contributed by atoms with Crippen LogP contribution in [-0.4, -0.2) is 37.1 Å². The Morgan fingerprint density at radius 3 is 2.16 bits per heavy atom. The number of rotatable bonds is 1. The molecule has 0 radical (unpaired) electrons. The number of hydrogen-bond donors (Lipinski definition) is 0. The van der Waals surface area contributed by atoms with Crippen LogP contribution in [0.15, 0.2) is 0 Å². The van der Waals surface area contributed by atoms with Crippen molar-refractivity contribution in [1.29, 1.82) is 0 Å². The van der Waals surface area contributed by atoms with Gasteiger partial charge >= 0.3 is 0 Å². The first-order valence-electron chi connectivity index (χ1n) is 8.12. The predicted molar refractivity (Wildman–Crippen MR) is 72.6 cm³/mol. The van der Waals surface area contributed by atoms with Gasteiger partial charge in [0.2, 0.25) is 5.91 Å². The zero-order valence-corrected chi connectivity index (χ0v) is 11.8. The van der Waals surface area contributed by atoms with Crippen LogP contribution in [0.2, 0.25) is 0 Å². The van der Waals surface area contributed by atoms with Crippen LogP contribution in [-0.2, 0) is 9.53 Å². The molecule has 0 N–H and O–H groups in total. The Morgan fingerprint density at radius 1 is 0.947 bits per heavy atom. The summed E-state index contributed by atoms with van der Waals surface area (Å²) < 4.78 is 5.40. The van der Waals surface area contributed by atoms with Gasteiger partial charge in [0.05, 0.1) is 18.6 Å². The van der Waals surface area contributed by atoms with E-state index in [1.807, 2.05) is 0 Å². The summed E-state index contributed by atoms with van der Waals surface area (Å²) >= 11 is 0. The van der Waals surface area contributed by atoms with Crippen molar-refractivity contribution >= 4 is 5.91 Å². The standard InChI is InChI=1S/C16H25NO2/c18-15(17-3-5-19-6-4-17)16-9-12-1-2-13(10-16)8-14(7-12)11-16/h12-14H,1-11H2/t12-,13-,14?,16?/m1/s1. The molecule has 3 heteroatoms. The monoisotopic (exact) mass is 263 g/mol. The topological polar surface area (TPSA) is 29.5 Å². The van der Waals surface area contributed by atoms with E-state index < -0.39 is 0 Å². The Bertz CT molecular complexity index is 359. The molecule has 1 aliphatic heterocycles. The molecule has 5 rings (SSSR count). The van der Waals surface area contributed by atoms with Gasteiger partial charge in [0.25, 0.3) is 0 Å². The van der Waals surface area contributed by atoms with Crippen LogP contribution < -0.4 is 0 Å². The van der Waals surface area contributed by atoms with Gasteiger partial charge in [-0.3, -0.25) is 4.79 Å². The van der Waals surface area contributed by atoms with Crippen molar-refractivity contribution in [2.24, 2.45) is 23.2 Å². The number of amides is 1. The maximum Gasteiger partial charge on any atom is 0.228 e. The van der Waals surface area contributed by atoms with Crippen molar-refractivity contribution < 1.29 is 9.53 Å². The second-order valence-corrected chi connectivity index (χ2v) is 7.44. The molecule has 4 aliphatic carbocycles. The summed E-state index contributed by atoms with van der Waals surface area (Å²) in [4.78, 5) is 15.2. The molecule has 0 aromatic rings. The summed E-state index contributed by atoms with van der Waals surface area (Å²) in [7, 11) is 0. The number of nitrogens with zero attached hydrogens (tertiary/aromatic N) is 1. The third kappa shape index (κ3) is 2.01. The Hall–Kier alpha value is -0.570. The number of ether oxygens (including phenoxy) is 1. The van der Waals surface area contributed by atoms with Crippen LogP contribution in [0.1, 0.15) is 44.9 Å². The van der Waals surface area contributed by atoms with Gasteiger partial charge in [0.15, 0.2) is 0 Å². The number of fused-ring (bicyclic) bond motifs is 1. The van der Waals surface area contributed by atoms with Gasteiger partial charge in [0.1, 0.15) is 0 Å². The molecule has 1 amide bonds. The van der Waals surface area contributed by atoms with E-state index in [4.69, 9.17) is 4.74 Å². The highest BCUT2D eigenvalue weighted by atomic mass is 16.5. The SMILES string of the molecule is O=C(N1CCOCC1)C12CC3C[C@@H](CC[C@H](C3)C1)C2. The van der Waals surface area contributed by atoms with Gasteiger partial charge in [0, 0.05) is 13.1 Å². The second kappa shape index (κ2) is 4.47. The molecule has 0 aromatic carbocycles. The van der Waals surface area contributed by atoms with Crippen LogP contribution in [0.3, 0.4) is 0 Å². The molecule has 4 bridgehead atoms. The third-order valence-corrected chi connectivity index (χ3v) is 6.11. The van der Waals surface area contributed by atoms with Crippen LogP contribution >= 0.6 is 0 Å². The summed E-state index contributed by atoms with van der Waals surface area (Å²) in [5.74, 6) is 3.02. The van der Waals surface area contributed by atoms with E-state index >= 15 is 0 Å². The van der Waals surface area contributed by atoms with Gasteiger partial charge in [-0.2, -0.15) is 0 Å². The number of carbonyl (C=O) groups excluding carboxylic acids is 1. The Morgan fingerprint density at radius 2 is 1.53 bits per heavy atom. The molecule has 0 spiro atoms. The molecule has 3 nitrogen and oxygen atoms in total. The van der Waals surface area contributed by atoms with Crippen molar-refractivity contribution in [3.8, 4) is 0 Å². The smallest absolute Gasteiger partial charge is 0.228 e. The Labute approximate surface area is 115 Å². The maximum absolute atomic E-state index is 13.1. The fraction of sp³-hybridized carbons (Fsp3) is 0.938. The number of morpholine rings is 1. The predicted octanol–water partition coefficient (Wildman–Crippen LogP) is 2.45. The van der Waals surface area contributed by atoms with Crippen molar-refractivity contribution in [3.63, 3.8) is 0 Å². The van der Waals surface area contributed by atoms with E-state index in [0.717, 1.165) is 44.1 Å². The fourth-order valence-electron chi connectivity index (χ4n) is 5.56. The molecule has 1 saturated heterocycles. The normalized spacial score (nSPS) is 45.3. The molecule has 1 heterocycles. The first kappa shape index (κ1) is 12.2. The zero-order valence-electron chi connectivity index (χ0n) is 11.8. The van der Waals surface area contributed by atoms with Crippen molar-refractivity contribution in [1.82, 2.24) is 4.90 Å². The lowest BCUT2D eigenvalue weighted by atomic mass is 9.58. The van der Waals surface area contributed by atoms with Crippen LogP contribution in [0.25, 0.3) is 0 Å². The first-order valence-corrected chi connectivity index (χ1v) is 8.12. The molecular formula is C16H25NO2. The maximum atomic E-state index is 13.1. The van der Waals surface area contributed by atoms with E-state index in [1.54, 1.807) is 0 Å². The molecule has 0 aromatic heterocycles. The molecule has 2 atom stereocenters. The molecule has 5 aliphatic rings. The summed E-state index contributed by atoms with van der Waals surface area (Å²) in [5, 5.41) is 0. The summed E-state index contributed by atoms with van der Waals surface area (Å²) in [6.07, 6.45) is 9.17. The highest BCUT2D eigenvalue weighted by molar-refractivity contribution is 5.83. The lowest BCUT2D eigenvalue weighted by Crippen LogP contribution is -2.53. The van der Waals surface area contributed by atoms with Gasteiger partial charge in [-0.15, -0.1) is 0 Å².